The minimum Gasteiger partial charge on any atom is -0.466 e. The summed E-state index contributed by atoms with van der Waals surface area (Å²) < 4.78 is 19.5. The molecule has 0 fully saturated rings. The average Bonchev–Trinajstić information content (AvgIpc) is 3.08. The Morgan fingerprint density at radius 1 is 0.909 bits per heavy atom. The lowest BCUT2D eigenvalue weighted by atomic mass is 9.72. The van der Waals surface area contributed by atoms with Crippen LogP contribution in [0.1, 0.15) is 27.7 Å². The van der Waals surface area contributed by atoms with Crippen LogP contribution in [-0.2, 0) is 28.5 Å². The van der Waals surface area contributed by atoms with E-state index in [2.05, 4.69) is 10.9 Å². The molecule has 0 saturated carbocycles. The molecule has 0 aliphatic carbocycles. The van der Waals surface area contributed by atoms with Gasteiger partial charge in [0, 0.05) is 11.4 Å². The molecule has 0 radical (unpaired) electrons. The van der Waals surface area contributed by atoms with Gasteiger partial charge in [-0.05, 0) is 27.7 Å². The van der Waals surface area contributed by atoms with Crippen LogP contribution in [0.25, 0.3) is 0 Å². The molecule has 14 nitrogen and oxygen atoms in total. The molecule has 0 atom stereocenters. The second kappa shape index (κ2) is 9.25. The molecule has 14 heteroatoms. The van der Waals surface area contributed by atoms with Gasteiger partial charge in [0.05, 0.1) is 44.6 Å². The zero-order valence-corrected chi connectivity index (χ0v) is 19.1. The first-order valence-electron chi connectivity index (χ1n) is 9.79. The standard InChI is InChI=1S/C19H26N6O8/c1-7-32-16(28)22-24-10(3)12(14(26)30-5)18(9-20)13(15(27)31-6)11(4)25(19(18,24)21)23-17(29)33-8-2/h7-8,21H2,1-6H3,(H,22,28)(H,23,29). The van der Waals surface area contributed by atoms with E-state index in [-0.39, 0.29) is 35.8 Å². The largest absolute Gasteiger partial charge is 0.466 e. The number of carbonyl (C=O) groups is 4. The van der Waals surface area contributed by atoms with Gasteiger partial charge in [-0.15, -0.1) is 0 Å². The molecular formula is C19H26N6O8. The van der Waals surface area contributed by atoms with Crippen molar-refractivity contribution in [3.05, 3.63) is 22.5 Å². The lowest BCUT2D eigenvalue weighted by Gasteiger charge is -2.46. The average molecular weight is 466 g/mol. The maximum Gasteiger partial charge on any atom is 0.426 e. The third-order valence-corrected chi connectivity index (χ3v) is 5.28. The van der Waals surface area contributed by atoms with E-state index in [1.54, 1.807) is 13.8 Å². The van der Waals surface area contributed by atoms with Crippen molar-refractivity contribution in [2.24, 2.45) is 11.1 Å². The van der Waals surface area contributed by atoms with Crippen molar-refractivity contribution < 1.29 is 38.1 Å². The smallest absolute Gasteiger partial charge is 0.426 e. The van der Waals surface area contributed by atoms with E-state index in [0.29, 0.717) is 0 Å². The molecule has 2 aliphatic rings. The minimum absolute atomic E-state index is 0.00272. The highest BCUT2D eigenvalue weighted by atomic mass is 16.6. The maximum absolute atomic E-state index is 12.9. The van der Waals surface area contributed by atoms with Crippen molar-refractivity contribution >= 4 is 24.1 Å². The number of hydrogen-bond donors (Lipinski definition) is 3. The summed E-state index contributed by atoms with van der Waals surface area (Å²) in [4.78, 5) is 50.3. The number of ether oxygens (including phenoxy) is 4. The second-order valence-electron chi connectivity index (χ2n) is 6.83. The van der Waals surface area contributed by atoms with Gasteiger partial charge in [-0.25, -0.2) is 40.0 Å². The van der Waals surface area contributed by atoms with E-state index in [9.17, 15) is 24.4 Å². The molecule has 2 amide bonds. The van der Waals surface area contributed by atoms with Gasteiger partial charge in [0.15, 0.2) is 5.41 Å². The molecule has 0 bridgehead atoms. The Balaban J connectivity index is 2.89. The summed E-state index contributed by atoms with van der Waals surface area (Å²) in [5, 5.41) is 12.3. The highest BCUT2D eigenvalue weighted by Crippen LogP contribution is 2.59. The number of fused-ring (bicyclic) bond motifs is 1. The van der Waals surface area contributed by atoms with Crippen LogP contribution >= 0.6 is 0 Å². The van der Waals surface area contributed by atoms with Crippen LogP contribution in [0.15, 0.2) is 22.5 Å². The van der Waals surface area contributed by atoms with Crippen LogP contribution < -0.4 is 16.6 Å². The first-order chi connectivity index (χ1) is 15.5. The molecule has 0 aromatic rings. The van der Waals surface area contributed by atoms with Crippen LogP contribution in [0.3, 0.4) is 0 Å². The van der Waals surface area contributed by atoms with Crippen molar-refractivity contribution in [2.75, 3.05) is 27.4 Å². The van der Waals surface area contributed by atoms with Crippen LogP contribution in [0.5, 0.6) is 0 Å². The molecule has 0 aromatic carbocycles. The third kappa shape index (κ3) is 3.46. The summed E-state index contributed by atoms with van der Waals surface area (Å²) in [7, 11) is 2.15. The summed E-state index contributed by atoms with van der Waals surface area (Å²) in [6, 6.07) is 1.93. The van der Waals surface area contributed by atoms with Crippen molar-refractivity contribution in [3.8, 4) is 6.07 Å². The highest BCUT2D eigenvalue weighted by molar-refractivity contribution is 6.02. The Morgan fingerprint density at radius 2 is 1.27 bits per heavy atom. The normalized spacial score (nSPS) is 23.6. The van der Waals surface area contributed by atoms with E-state index >= 15 is 0 Å². The summed E-state index contributed by atoms with van der Waals surface area (Å²) in [5.41, 5.74) is 8.40. The molecule has 0 unspecified atom stereocenters. The second-order valence-corrected chi connectivity index (χ2v) is 6.83. The van der Waals surface area contributed by atoms with Gasteiger partial charge in [-0.2, -0.15) is 5.26 Å². The van der Waals surface area contributed by atoms with Crippen LogP contribution in [-0.4, -0.2) is 67.4 Å². The van der Waals surface area contributed by atoms with E-state index < -0.39 is 35.3 Å². The first kappa shape index (κ1) is 25.3. The van der Waals surface area contributed by atoms with Crippen molar-refractivity contribution in [2.45, 2.75) is 33.5 Å². The lowest BCUT2D eigenvalue weighted by Crippen LogP contribution is -2.74. The van der Waals surface area contributed by atoms with E-state index in [1.807, 2.05) is 6.07 Å². The minimum atomic E-state index is -2.28. The van der Waals surface area contributed by atoms with Gasteiger partial charge in [0.1, 0.15) is 0 Å². The maximum atomic E-state index is 12.9. The van der Waals surface area contributed by atoms with Gasteiger partial charge in [0.25, 0.3) is 0 Å². The number of rotatable bonds is 6. The van der Waals surface area contributed by atoms with Gasteiger partial charge in [-0.3, -0.25) is 5.73 Å². The molecule has 4 N–H and O–H groups in total. The number of nitrogens with one attached hydrogen (secondary N) is 2. The van der Waals surface area contributed by atoms with Crippen molar-refractivity contribution in [3.63, 3.8) is 0 Å². The van der Waals surface area contributed by atoms with E-state index in [4.69, 9.17) is 24.7 Å². The Kier molecular flexibility index (Phi) is 7.08. The number of nitriles is 1. The fourth-order valence-electron chi connectivity index (χ4n) is 4.05. The number of amides is 2. The quantitative estimate of drug-likeness (QED) is 0.351. The summed E-state index contributed by atoms with van der Waals surface area (Å²) in [6.45, 7) is 5.88. The van der Waals surface area contributed by atoms with Crippen molar-refractivity contribution in [1.82, 2.24) is 20.9 Å². The Labute approximate surface area is 189 Å². The fourth-order valence-corrected chi connectivity index (χ4v) is 4.05. The Bertz CT molecular complexity index is 917. The zero-order chi connectivity index (χ0) is 25.1. The molecule has 2 aliphatic heterocycles. The number of nitrogens with two attached hydrogens (primary N) is 1. The van der Waals surface area contributed by atoms with E-state index in [0.717, 1.165) is 24.2 Å². The summed E-state index contributed by atoms with van der Waals surface area (Å²) in [5.74, 6) is -4.27. The molecule has 2 rings (SSSR count). The molecule has 0 aromatic heterocycles. The van der Waals surface area contributed by atoms with Crippen LogP contribution in [0.2, 0.25) is 0 Å². The number of hydrazine groups is 2. The van der Waals surface area contributed by atoms with Gasteiger partial charge in [0.2, 0.25) is 5.79 Å². The van der Waals surface area contributed by atoms with Crippen molar-refractivity contribution in [1.29, 1.82) is 5.26 Å². The molecule has 33 heavy (non-hydrogen) atoms. The molecule has 2 heterocycles. The molecular weight excluding hydrogens is 440 g/mol. The topological polar surface area (TPSA) is 186 Å². The zero-order valence-electron chi connectivity index (χ0n) is 19.1. The molecule has 0 saturated heterocycles. The highest BCUT2D eigenvalue weighted by Gasteiger charge is 2.75. The number of methoxy groups -OCH3 is 2. The van der Waals surface area contributed by atoms with Gasteiger partial charge >= 0.3 is 24.1 Å². The predicted octanol–water partition coefficient (Wildman–Crippen LogP) is -0.0437. The van der Waals surface area contributed by atoms with Crippen LogP contribution in [0.4, 0.5) is 9.59 Å². The number of esters is 2. The molecule has 180 valence electrons. The Hall–Kier alpha value is -3.99. The van der Waals surface area contributed by atoms with Gasteiger partial charge in [-0.1, -0.05) is 0 Å². The molecule has 0 spiro atoms. The fraction of sp³-hybridized carbons (Fsp3) is 0.526. The SMILES string of the molecule is CCOC(=O)NN1C(C)=C(C(=O)OC)C2(C#N)C(C(=O)OC)=C(C)N(NC(=O)OCC)C12N. The lowest BCUT2D eigenvalue weighted by molar-refractivity contribution is -0.139. The van der Waals surface area contributed by atoms with Crippen LogP contribution in [0, 0.1) is 16.7 Å². The van der Waals surface area contributed by atoms with E-state index in [1.165, 1.54) is 13.8 Å². The predicted molar refractivity (Wildman–Crippen MR) is 108 cm³/mol. The summed E-state index contributed by atoms with van der Waals surface area (Å²) in [6.07, 6.45) is -1.94. The number of nitrogens with zero attached hydrogens (tertiary/aromatic N) is 3. The Morgan fingerprint density at radius 3 is 1.55 bits per heavy atom. The monoisotopic (exact) mass is 466 g/mol. The number of allylic oxidation sites excluding steroid dienone is 2. The summed E-state index contributed by atoms with van der Waals surface area (Å²) >= 11 is 0. The first-order valence-corrected chi connectivity index (χ1v) is 9.79. The third-order valence-electron chi connectivity index (χ3n) is 5.28. The number of carbonyl (C=O) groups excluding carboxylic acids is 4. The van der Waals surface area contributed by atoms with Gasteiger partial charge < -0.3 is 18.9 Å². The number of hydrogen-bond acceptors (Lipinski definition) is 12.